The van der Waals surface area contributed by atoms with E-state index in [0.29, 0.717) is 21.2 Å². The first-order chi connectivity index (χ1) is 14.4. The molecule has 2 aromatic carbocycles. The molecule has 0 amide bonds. The Bertz CT molecular complexity index is 1020. The Labute approximate surface area is 180 Å². The van der Waals surface area contributed by atoms with Gasteiger partial charge in [-0.05, 0) is 47.8 Å². The monoisotopic (exact) mass is 455 g/mol. The van der Waals surface area contributed by atoms with Crippen LogP contribution in [0.2, 0.25) is 5.02 Å². The molecule has 1 aromatic heterocycles. The fourth-order valence-corrected chi connectivity index (χ4v) is 3.78. The quantitative estimate of drug-likeness (QED) is 0.402. The Morgan fingerprint density at radius 1 is 1.20 bits per heavy atom. The van der Waals surface area contributed by atoms with Crippen LogP contribution in [-0.4, -0.2) is 15.4 Å². The molecular formula is C21H17ClF3NO3S. The van der Waals surface area contributed by atoms with Gasteiger partial charge in [0.15, 0.2) is 0 Å². The number of carboxylic acid groups (broad SMARTS) is 1. The van der Waals surface area contributed by atoms with Gasteiger partial charge in [-0.2, -0.15) is 4.37 Å². The van der Waals surface area contributed by atoms with Gasteiger partial charge in [0.05, 0.1) is 10.6 Å². The van der Waals surface area contributed by atoms with Gasteiger partial charge in [-0.25, -0.2) is 13.2 Å². The molecule has 0 fully saturated rings. The summed E-state index contributed by atoms with van der Waals surface area (Å²) in [6.45, 7) is -0.773. The summed E-state index contributed by atoms with van der Waals surface area (Å²) in [6, 6.07) is 11.0. The van der Waals surface area contributed by atoms with E-state index >= 15 is 0 Å². The van der Waals surface area contributed by atoms with Crippen molar-refractivity contribution in [3.8, 4) is 17.0 Å². The molecule has 0 aliphatic heterocycles. The summed E-state index contributed by atoms with van der Waals surface area (Å²) in [5, 5.41) is 9.33. The van der Waals surface area contributed by atoms with E-state index in [1.54, 1.807) is 24.3 Å². The molecule has 3 aromatic rings. The molecule has 1 N–H and O–H groups in total. The molecule has 30 heavy (non-hydrogen) atoms. The molecule has 1 heterocycles. The summed E-state index contributed by atoms with van der Waals surface area (Å²) in [5.74, 6) is -0.878. The minimum absolute atomic E-state index is 0.00352. The number of hydrogen-bond acceptors (Lipinski definition) is 4. The van der Waals surface area contributed by atoms with E-state index in [2.05, 4.69) is 4.37 Å². The van der Waals surface area contributed by atoms with Crippen LogP contribution < -0.4 is 4.74 Å². The molecule has 0 aliphatic rings. The van der Waals surface area contributed by atoms with Crippen LogP contribution in [0.1, 0.15) is 34.4 Å². The molecule has 0 saturated heterocycles. The first-order valence-corrected chi connectivity index (χ1v) is 10.1. The highest BCUT2D eigenvalue weighted by atomic mass is 35.5. The van der Waals surface area contributed by atoms with Crippen molar-refractivity contribution in [2.24, 2.45) is 0 Å². The molecule has 0 unspecified atom stereocenters. The first-order valence-electron chi connectivity index (χ1n) is 8.94. The van der Waals surface area contributed by atoms with Crippen LogP contribution in [0.25, 0.3) is 11.3 Å². The van der Waals surface area contributed by atoms with Crippen molar-refractivity contribution in [2.75, 3.05) is 0 Å². The first kappa shape index (κ1) is 22.1. The zero-order chi connectivity index (χ0) is 21.7. The zero-order valence-corrected chi connectivity index (χ0v) is 17.2. The highest BCUT2D eigenvalue weighted by Crippen LogP contribution is 2.32. The number of aromatic nitrogens is 1. The van der Waals surface area contributed by atoms with Gasteiger partial charge in [-0.1, -0.05) is 29.8 Å². The van der Waals surface area contributed by atoms with Crippen molar-refractivity contribution in [2.45, 2.75) is 32.5 Å². The zero-order valence-electron chi connectivity index (χ0n) is 15.6. The maximum Gasteiger partial charge on any atom is 0.303 e. The fourth-order valence-electron chi connectivity index (χ4n) is 2.92. The number of nitrogens with zero attached hydrogens (tertiary/aromatic N) is 1. The average molecular weight is 456 g/mol. The number of aliphatic carboxylic acids is 1. The van der Waals surface area contributed by atoms with Crippen LogP contribution >= 0.6 is 23.1 Å². The van der Waals surface area contributed by atoms with Gasteiger partial charge < -0.3 is 9.84 Å². The Balaban J connectivity index is 1.83. The SMILES string of the molecule is O=C(O)CCc1ccc(OCc2c(-c3ccc(Cl)cc3)nsc2CF)cc1C(F)F. The van der Waals surface area contributed by atoms with E-state index in [1.807, 2.05) is 0 Å². The predicted molar refractivity (Wildman–Crippen MR) is 109 cm³/mol. The summed E-state index contributed by atoms with van der Waals surface area (Å²) in [6.07, 6.45) is -3.02. The molecule has 0 bridgehead atoms. The lowest BCUT2D eigenvalue weighted by atomic mass is 10.0. The third kappa shape index (κ3) is 5.31. The molecule has 0 saturated carbocycles. The van der Waals surface area contributed by atoms with Crippen molar-refractivity contribution >= 4 is 29.1 Å². The Morgan fingerprint density at radius 2 is 1.93 bits per heavy atom. The van der Waals surface area contributed by atoms with Crippen LogP contribution in [0.5, 0.6) is 5.75 Å². The summed E-state index contributed by atoms with van der Waals surface area (Å²) < 4.78 is 50.2. The second-order valence-electron chi connectivity index (χ2n) is 6.42. The molecule has 0 spiro atoms. The van der Waals surface area contributed by atoms with Crippen molar-refractivity contribution in [3.63, 3.8) is 0 Å². The third-order valence-electron chi connectivity index (χ3n) is 4.45. The number of carbonyl (C=O) groups is 1. The van der Waals surface area contributed by atoms with Gasteiger partial charge in [-0.3, -0.25) is 4.79 Å². The molecule has 0 radical (unpaired) electrons. The summed E-state index contributed by atoms with van der Waals surface area (Å²) >= 11 is 6.93. The highest BCUT2D eigenvalue weighted by molar-refractivity contribution is 7.06. The van der Waals surface area contributed by atoms with Crippen molar-refractivity contribution < 1.29 is 27.8 Å². The number of aryl methyl sites for hydroxylation is 1. The number of halogens is 4. The molecular weight excluding hydrogens is 439 g/mol. The maximum atomic E-state index is 13.4. The second kappa shape index (κ2) is 9.95. The number of alkyl halides is 3. The number of hydrogen-bond donors (Lipinski definition) is 1. The molecule has 9 heteroatoms. The Hall–Kier alpha value is -2.58. The molecule has 158 valence electrons. The third-order valence-corrected chi connectivity index (χ3v) is 5.55. The second-order valence-corrected chi connectivity index (χ2v) is 7.71. The topological polar surface area (TPSA) is 59.4 Å². The van der Waals surface area contributed by atoms with Gasteiger partial charge >= 0.3 is 5.97 Å². The normalized spacial score (nSPS) is 11.1. The summed E-state index contributed by atoms with van der Waals surface area (Å²) in [7, 11) is 0. The minimum atomic E-state index is -2.77. The highest BCUT2D eigenvalue weighted by Gasteiger charge is 2.18. The number of rotatable bonds is 9. The summed E-state index contributed by atoms with van der Waals surface area (Å²) in [4.78, 5) is 11.1. The van der Waals surface area contributed by atoms with E-state index in [9.17, 15) is 18.0 Å². The van der Waals surface area contributed by atoms with Crippen LogP contribution in [0.3, 0.4) is 0 Å². The lowest BCUT2D eigenvalue weighted by Gasteiger charge is -2.13. The standard InChI is InChI=1S/C21H17ClF3NO3S/c22-14-5-1-13(2-6-14)20-17(18(10-23)30-26-20)11-29-15-7-3-12(4-8-19(27)28)16(9-15)21(24)25/h1-3,5-7,9,21H,4,8,10-11H2,(H,27,28). The van der Waals surface area contributed by atoms with E-state index < -0.39 is 19.1 Å². The van der Waals surface area contributed by atoms with Gasteiger partial charge in [0.2, 0.25) is 0 Å². The molecule has 0 atom stereocenters. The van der Waals surface area contributed by atoms with Gasteiger partial charge in [-0.15, -0.1) is 0 Å². The van der Waals surface area contributed by atoms with Crippen molar-refractivity contribution in [1.29, 1.82) is 0 Å². The van der Waals surface area contributed by atoms with E-state index in [4.69, 9.17) is 21.4 Å². The molecule has 3 rings (SSSR count). The fraction of sp³-hybridized carbons (Fsp3) is 0.238. The van der Waals surface area contributed by atoms with Crippen LogP contribution in [0, 0.1) is 0 Å². The molecule has 0 aliphatic carbocycles. The van der Waals surface area contributed by atoms with Crippen molar-refractivity contribution in [3.05, 3.63) is 69.1 Å². The maximum absolute atomic E-state index is 13.4. The number of benzene rings is 2. The van der Waals surface area contributed by atoms with E-state index in [-0.39, 0.29) is 36.3 Å². The Kier molecular flexibility index (Phi) is 7.33. The largest absolute Gasteiger partial charge is 0.489 e. The minimum Gasteiger partial charge on any atom is -0.489 e. The molecule has 4 nitrogen and oxygen atoms in total. The van der Waals surface area contributed by atoms with Crippen molar-refractivity contribution in [1.82, 2.24) is 4.37 Å². The van der Waals surface area contributed by atoms with Crippen LogP contribution in [0.4, 0.5) is 13.2 Å². The van der Waals surface area contributed by atoms with Crippen LogP contribution in [0.15, 0.2) is 42.5 Å². The van der Waals surface area contributed by atoms with Gasteiger partial charge in [0.25, 0.3) is 6.43 Å². The summed E-state index contributed by atoms with van der Waals surface area (Å²) in [5.41, 5.74) is 1.81. The van der Waals surface area contributed by atoms with E-state index in [1.165, 1.54) is 18.2 Å². The van der Waals surface area contributed by atoms with Gasteiger partial charge in [0.1, 0.15) is 19.0 Å². The predicted octanol–water partition coefficient (Wildman–Crippen LogP) is 6.47. The van der Waals surface area contributed by atoms with E-state index in [0.717, 1.165) is 17.1 Å². The lowest BCUT2D eigenvalue weighted by molar-refractivity contribution is -0.136. The average Bonchev–Trinajstić information content (AvgIpc) is 3.14. The van der Waals surface area contributed by atoms with Gasteiger partial charge in [0, 0.05) is 28.1 Å². The lowest BCUT2D eigenvalue weighted by Crippen LogP contribution is -2.03. The number of carboxylic acids is 1. The Morgan fingerprint density at radius 3 is 2.57 bits per heavy atom. The number of ether oxygens (including phenoxy) is 1. The van der Waals surface area contributed by atoms with Crippen LogP contribution in [-0.2, 0) is 24.5 Å². The smallest absolute Gasteiger partial charge is 0.303 e.